The van der Waals surface area contributed by atoms with Crippen LogP contribution in [0.2, 0.25) is 5.02 Å². The molecule has 10 heteroatoms. The number of anilines is 1. The molecule has 0 fully saturated rings. The van der Waals surface area contributed by atoms with Gasteiger partial charge in [0.2, 0.25) is 0 Å². The van der Waals surface area contributed by atoms with Crippen LogP contribution in [0.15, 0.2) is 42.7 Å². The highest BCUT2D eigenvalue weighted by molar-refractivity contribution is 6.34. The summed E-state index contributed by atoms with van der Waals surface area (Å²) in [6, 6.07) is 7.17. The molecule has 0 spiro atoms. The Balaban J connectivity index is 1.59. The van der Waals surface area contributed by atoms with E-state index in [-0.39, 0.29) is 51.9 Å². The number of hydrogen-bond donors (Lipinski definition) is 2. The number of nitrogens with zero attached hydrogens (tertiary/aromatic N) is 3. The largest absolute Gasteiger partial charge is 0.508 e. The Hall–Kier alpha value is -3.85. The number of amides is 2. The number of nitrogens with one attached hydrogen (secondary N) is 1. The zero-order chi connectivity index (χ0) is 22.8. The van der Waals surface area contributed by atoms with Crippen molar-refractivity contribution < 1.29 is 24.2 Å². The lowest BCUT2D eigenvalue weighted by atomic mass is 10.1. The van der Waals surface area contributed by atoms with Gasteiger partial charge in [-0.3, -0.25) is 14.6 Å². The number of phenols is 1. The minimum Gasteiger partial charge on any atom is -0.508 e. The molecular weight excluding hydrogens is 436 g/mol. The van der Waals surface area contributed by atoms with Gasteiger partial charge in [0.15, 0.2) is 11.6 Å². The number of halogens is 1. The van der Waals surface area contributed by atoms with Crippen molar-refractivity contribution in [3.63, 3.8) is 0 Å². The van der Waals surface area contributed by atoms with Gasteiger partial charge in [-0.1, -0.05) is 11.6 Å². The summed E-state index contributed by atoms with van der Waals surface area (Å²) in [4.78, 5) is 34.7. The minimum absolute atomic E-state index is 0.121. The summed E-state index contributed by atoms with van der Waals surface area (Å²) in [6.45, 7) is 2.50. The molecule has 3 aromatic rings. The van der Waals surface area contributed by atoms with Crippen LogP contribution in [-0.4, -0.2) is 52.0 Å². The Morgan fingerprint density at radius 2 is 2.06 bits per heavy atom. The molecule has 1 aliphatic rings. The average Bonchev–Trinajstić information content (AvgIpc) is 2.90. The molecule has 2 heterocycles. The van der Waals surface area contributed by atoms with Crippen LogP contribution < -0.4 is 14.8 Å². The van der Waals surface area contributed by atoms with E-state index >= 15 is 0 Å². The fourth-order valence-electron chi connectivity index (χ4n) is 3.06. The standard InChI is InChI=1S/C22H19ClN4O5/c1-12-10-25-18(11-24-12)26-21(29)13-7-14(28)9-15(8-13)32-17-4-3-16-20(19(17)23)31-6-5-27(2)22(16)30/h3-4,7-11,28H,5-6H2,1-2H3,(H,25,26,29). The number of carbonyl (C=O) groups excluding carboxylic acids is 2. The van der Waals surface area contributed by atoms with Gasteiger partial charge in [-0.05, 0) is 31.2 Å². The van der Waals surface area contributed by atoms with E-state index in [4.69, 9.17) is 21.1 Å². The van der Waals surface area contributed by atoms with Crippen LogP contribution in [0, 0.1) is 6.92 Å². The smallest absolute Gasteiger partial charge is 0.257 e. The first-order valence-electron chi connectivity index (χ1n) is 9.64. The van der Waals surface area contributed by atoms with Crippen LogP contribution in [-0.2, 0) is 0 Å². The number of aryl methyl sites for hydroxylation is 1. The van der Waals surface area contributed by atoms with E-state index in [1.807, 2.05) is 0 Å². The molecule has 0 bridgehead atoms. The highest BCUT2D eigenvalue weighted by atomic mass is 35.5. The van der Waals surface area contributed by atoms with Crippen molar-refractivity contribution in [3.8, 4) is 23.0 Å². The van der Waals surface area contributed by atoms with Crippen LogP contribution in [0.4, 0.5) is 5.82 Å². The van der Waals surface area contributed by atoms with Crippen LogP contribution in [0.5, 0.6) is 23.0 Å². The van der Waals surface area contributed by atoms with Crippen LogP contribution in [0.25, 0.3) is 0 Å². The number of rotatable bonds is 4. The summed E-state index contributed by atoms with van der Waals surface area (Å²) in [7, 11) is 1.68. The number of benzene rings is 2. The summed E-state index contributed by atoms with van der Waals surface area (Å²) < 4.78 is 11.5. The second-order valence-corrected chi connectivity index (χ2v) is 7.52. The molecule has 1 aliphatic heterocycles. The molecule has 1 aromatic heterocycles. The van der Waals surface area contributed by atoms with E-state index in [0.29, 0.717) is 17.8 Å². The summed E-state index contributed by atoms with van der Waals surface area (Å²) in [5, 5.41) is 12.8. The Labute approximate surface area is 188 Å². The maximum Gasteiger partial charge on any atom is 0.257 e. The van der Waals surface area contributed by atoms with Gasteiger partial charge in [0.25, 0.3) is 11.8 Å². The van der Waals surface area contributed by atoms with E-state index in [1.165, 1.54) is 36.7 Å². The highest BCUT2D eigenvalue weighted by Gasteiger charge is 2.25. The van der Waals surface area contributed by atoms with Crippen LogP contribution in [0.3, 0.4) is 0 Å². The van der Waals surface area contributed by atoms with Gasteiger partial charge in [-0.15, -0.1) is 0 Å². The number of aromatic hydroxyl groups is 1. The molecule has 4 rings (SSSR count). The first-order chi connectivity index (χ1) is 15.3. The van der Waals surface area contributed by atoms with Crippen molar-refractivity contribution >= 4 is 29.2 Å². The van der Waals surface area contributed by atoms with E-state index in [9.17, 15) is 14.7 Å². The monoisotopic (exact) mass is 454 g/mol. The zero-order valence-corrected chi connectivity index (χ0v) is 18.0. The Morgan fingerprint density at radius 1 is 1.25 bits per heavy atom. The first kappa shape index (κ1) is 21.4. The molecule has 2 amide bonds. The second kappa shape index (κ2) is 8.72. The predicted molar refractivity (Wildman–Crippen MR) is 117 cm³/mol. The molecule has 0 saturated carbocycles. The third-order valence-electron chi connectivity index (χ3n) is 4.72. The van der Waals surface area contributed by atoms with Gasteiger partial charge in [-0.25, -0.2) is 4.98 Å². The van der Waals surface area contributed by atoms with E-state index in [0.717, 1.165) is 0 Å². The predicted octanol–water partition coefficient (Wildman–Crippen LogP) is 3.65. The summed E-state index contributed by atoms with van der Waals surface area (Å²) in [5.74, 6) is -0.00769. The fourth-order valence-corrected chi connectivity index (χ4v) is 3.32. The number of hydrogen-bond acceptors (Lipinski definition) is 7. The lowest BCUT2D eigenvalue weighted by molar-refractivity contribution is 0.0796. The van der Waals surface area contributed by atoms with Crippen molar-refractivity contribution in [2.24, 2.45) is 0 Å². The third kappa shape index (κ3) is 4.42. The number of phenolic OH excluding ortho intramolecular Hbond substituents is 1. The third-order valence-corrected chi connectivity index (χ3v) is 5.07. The fraction of sp³-hybridized carbons (Fsp3) is 0.182. The Bertz CT molecular complexity index is 1200. The Morgan fingerprint density at radius 3 is 2.81 bits per heavy atom. The van der Waals surface area contributed by atoms with Gasteiger partial charge < -0.3 is 24.8 Å². The van der Waals surface area contributed by atoms with Crippen LogP contribution in [0.1, 0.15) is 26.4 Å². The Kier molecular flexibility index (Phi) is 5.83. The highest BCUT2D eigenvalue weighted by Crippen LogP contribution is 2.41. The van der Waals surface area contributed by atoms with Crippen LogP contribution >= 0.6 is 11.6 Å². The van der Waals surface area contributed by atoms with Crippen molar-refractivity contribution in [2.45, 2.75) is 6.92 Å². The topological polar surface area (TPSA) is 114 Å². The average molecular weight is 455 g/mol. The van der Waals surface area contributed by atoms with Crippen molar-refractivity contribution in [1.82, 2.24) is 14.9 Å². The molecule has 164 valence electrons. The number of carbonyl (C=O) groups is 2. The maximum atomic E-state index is 12.6. The lowest BCUT2D eigenvalue weighted by Crippen LogP contribution is -2.27. The molecule has 2 aromatic carbocycles. The molecule has 0 aliphatic carbocycles. The molecule has 0 atom stereocenters. The molecular formula is C22H19ClN4O5. The molecule has 2 N–H and O–H groups in total. The number of fused-ring (bicyclic) bond motifs is 1. The van der Waals surface area contributed by atoms with Gasteiger partial charge in [0.05, 0.1) is 30.2 Å². The van der Waals surface area contributed by atoms with Gasteiger partial charge in [-0.2, -0.15) is 0 Å². The van der Waals surface area contributed by atoms with E-state index in [1.54, 1.807) is 24.9 Å². The molecule has 9 nitrogen and oxygen atoms in total. The second-order valence-electron chi connectivity index (χ2n) is 7.14. The number of aromatic nitrogens is 2. The molecule has 0 unspecified atom stereocenters. The first-order valence-corrected chi connectivity index (χ1v) is 10.0. The number of ether oxygens (including phenoxy) is 2. The van der Waals surface area contributed by atoms with Crippen molar-refractivity contribution in [1.29, 1.82) is 0 Å². The summed E-state index contributed by atoms with van der Waals surface area (Å²) >= 11 is 6.45. The molecule has 0 saturated heterocycles. The molecule has 0 radical (unpaired) electrons. The maximum absolute atomic E-state index is 12.6. The quantitative estimate of drug-likeness (QED) is 0.618. The number of likely N-dealkylation sites (N-methyl/N-ethyl adjacent to an activating group) is 1. The SMILES string of the molecule is Cc1cnc(NC(=O)c2cc(O)cc(Oc3ccc4c(c3Cl)OCCN(C)C4=O)c2)cn1. The summed E-state index contributed by atoms with van der Waals surface area (Å²) in [5.41, 5.74) is 1.19. The van der Waals surface area contributed by atoms with E-state index in [2.05, 4.69) is 15.3 Å². The molecule has 32 heavy (non-hydrogen) atoms. The minimum atomic E-state index is -0.506. The van der Waals surface area contributed by atoms with Crippen molar-refractivity contribution in [2.75, 3.05) is 25.5 Å². The van der Waals surface area contributed by atoms with Crippen molar-refractivity contribution in [3.05, 3.63) is 64.6 Å². The lowest BCUT2D eigenvalue weighted by Gasteiger charge is -2.14. The normalized spacial score (nSPS) is 13.1. The van der Waals surface area contributed by atoms with Gasteiger partial charge >= 0.3 is 0 Å². The zero-order valence-electron chi connectivity index (χ0n) is 17.3. The summed E-state index contributed by atoms with van der Waals surface area (Å²) in [6.07, 6.45) is 2.96. The van der Waals surface area contributed by atoms with Gasteiger partial charge in [0.1, 0.15) is 28.9 Å². The van der Waals surface area contributed by atoms with Gasteiger partial charge in [0, 0.05) is 18.7 Å². The van der Waals surface area contributed by atoms with E-state index < -0.39 is 5.91 Å².